The quantitative estimate of drug-likeness (QED) is 0.790. The second kappa shape index (κ2) is 7.45. The molecule has 27 heavy (non-hydrogen) atoms. The highest BCUT2D eigenvalue weighted by atomic mass is 35.5. The molecule has 1 unspecified atom stereocenters. The Morgan fingerprint density at radius 1 is 1.15 bits per heavy atom. The maximum atomic E-state index is 12.8. The van der Waals surface area contributed by atoms with E-state index < -0.39 is 17.7 Å². The zero-order chi connectivity index (χ0) is 19.7. The molecule has 2 N–H and O–H groups in total. The molecule has 140 valence electrons. The molecule has 2 aromatic rings. The number of nitrogens with zero attached hydrogens (tertiary/aromatic N) is 1. The largest absolute Gasteiger partial charge is 0.508 e. The number of amides is 1. The number of Topliss-reactive ketones (excluding diaryl/α,β-unsaturated/α-hetero) is 1. The molecule has 1 aliphatic rings. The normalized spacial score (nSPS) is 17.1. The number of benzene rings is 2. The molecular weight excluding hydrogens is 366 g/mol. The number of phenolic OH excluding ortho intramolecular Hbond substituents is 1. The lowest BCUT2D eigenvalue weighted by Gasteiger charge is -2.27. The molecule has 0 bridgehead atoms. The zero-order valence-corrected chi connectivity index (χ0v) is 15.8. The highest BCUT2D eigenvalue weighted by Gasteiger charge is 2.44. The van der Waals surface area contributed by atoms with Gasteiger partial charge in [0, 0.05) is 17.1 Å². The molecule has 0 fully saturated rings. The minimum Gasteiger partial charge on any atom is -0.508 e. The van der Waals surface area contributed by atoms with E-state index in [9.17, 15) is 19.8 Å². The molecule has 0 saturated carbocycles. The number of anilines is 1. The number of aromatic hydroxyl groups is 1. The van der Waals surface area contributed by atoms with E-state index >= 15 is 0 Å². The topological polar surface area (TPSA) is 77.8 Å². The minimum absolute atomic E-state index is 0.00745. The van der Waals surface area contributed by atoms with Crippen LogP contribution in [-0.2, 0) is 9.59 Å². The maximum Gasteiger partial charge on any atom is 0.294 e. The number of phenols is 1. The number of hydrogen-bond donors (Lipinski definition) is 2. The molecule has 1 aliphatic heterocycles. The van der Waals surface area contributed by atoms with E-state index in [0.29, 0.717) is 16.3 Å². The lowest BCUT2D eigenvalue weighted by molar-refractivity contribution is -0.118. The second-order valence-electron chi connectivity index (χ2n) is 6.94. The van der Waals surface area contributed by atoms with Crippen LogP contribution in [0.4, 0.5) is 5.69 Å². The highest BCUT2D eigenvalue weighted by molar-refractivity contribution is 6.31. The first-order valence-electron chi connectivity index (χ1n) is 8.64. The summed E-state index contributed by atoms with van der Waals surface area (Å²) in [5.74, 6) is -1.45. The number of hydrogen-bond acceptors (Lipinski definition) is 4. The van der Waals surface area contributed by atoms with Gasteiger partial charge in [-0.2, -0.15) is 0 Å². The van der Waals surface area contributed by atoms with Crippen LogP contribution < -0.4 is 4.90 Å². The average molecular weight is 386 g/mol. The van der Waals surface area contributed by atoms with Crippen LogP contribution in [0.15, 0.2) is 59.9 Å². The molecule has 1 atom stereocenters. The van der Waals surface area contributed by atoms with Crippen molar-refractivity contribution >= 4 is 29.0 Å². The van der Waals surface area contributed by atoms with Crippen molar-refractivity contribution in [3.8, 4) is 5.75 Å². The van der Waals surface area contributed by atoms with Crippen LogP contribution >= 0.6 is 11.6 Å². The van der Waals surface area contributed by atoms with Crippen LogP contribution in [0.25, 0.3) is 0 Å². The summed E-state index contributed by atoms with van der Waals surface area (Å²) in [6.07, 6.45) is 0.200. The van der Waals surface area contributed by atoms with Crippen molar-refractivity contribution in [2.75, 3.05) is 4.90 Å². The van der Waals surface area contributed by atoms with Gasteiger partial charge in [0.25, 0.3) is 5.91 Å². The van der Waals surface area contributed by atoms with Crippen molar-refractivity contribution in [2.24, 2.45) is 5.92 Å². The van der Waals surface area contributed by atoms with Crippen molar-refractivity contribution in [3.05, 3.63) is 70.4 Å². The van der Waals surface area contributed by atoms with Gasteiger partial charge in [0.05, 0.1) is 11.6 Å². The minimum atomic E-state index is -0.839. The van der Waals surface area contributed by atoms with E-state index in [-0.39, 0.29) is 29.4 Å². The Kier molecular flexibility index (Phi) is 5.24. The van der Waals surface area contributed by atoms with E-state index in [4.69, 9.17) is 11.6 Å². The molecule has 3 rings (SSSR count). The highest BCUT2D eigenvalue weighted by Crippen LogP contribution is 2.42. The van der Waals surface area contributed by atoms with Gasteiger partial charge >= 0.3 is 0 Å². The smallest absolute Gasteiger partial charge is 0.294 e. The van der Waals surface area contributed by atoms with E-state index in [1.54, 1.807) is 36.4 Å². The number of aliphatic hydroxyl groups is 1. The fraction of sp³-hybridized carbons (Fsp3) is 0.238. The molecule has 0 saturated heterocycles. The Morgan fingerprint density at radius 3 is 2.48 bits per heavy atom. The van der Waals surface area contributed by atoms with Crippen molar-refractivity contribution in [2.45, 2.75) is 26.3 Å². The summed E-state index contributed by atoms with van der Waals surface area (Å²) in [5.41, 5.74) is 1.03. The first-order valence-corrected chi connectivity index (χ1v) is 9.01. The van der Waals surface area contributed by atoms with E-state index in [0.717, 1.165) is 0 Å². The van der Waals surface area contributed by atoms with Gasteiger partial charge < -0.3 is 10.2 Å². The van der Waals surface area contributed by atoms with Gasteiger partial charge in [0.1, 0.15) is 5.75 Å². The fourth-order valence-electron chi connectivity index (χ4n) is 3.27. The van der Waals surface area contributed by atoms with Crippen LogP contribution in [0.3, 0.4) is 0 Å². The van der Waals surface area contributed by atoms with Gasteiger partial charge in [-0.25, -0.2) is 0 Å². The molecule has 2 aromatic carbocycles. The first kappa shape index (κ1) is 19.0. The van der Waals surface area contributed by atoms with Gasteiger partial charge in [-0.15, -0.1) is 0 Å². The predicted molar refractivity (Wildman–Crippen MR) is 104 cm³/mol. The molecular formula is C21H20ClNO4. The molecule has 0 aliphatic carbocycles. The van der Waals surface area contributed by atoms with E-state index in [2.05, 4.69) is 0 Å². The van der Waals surface area contributed by atoms with Crippen LogP contribution in [0.5, 0.6) is 5.75 Å². The van der Waals surface area contributed by atoms with Gasteiger partial charge in [0.2, 0.25) is 0 Å². The molecule has 0 spiro atoms. The molecule has 0 radical (unpaired) electrons. The average Bonchev–Trinajstić information content (AvgIpc) is 2.86. The summed E-state index contributed by atoms with van der Waals surface area (Å²) in [5, 5.41) is 20.8. The fourth-order valence-corrected chi connectivity index (χ4v) is 3.46. The predicted octanol–water partition coefficient (Wildman–Crippen LogP) is 4.56. The number of carbonyl (C=O) groups is 2. The van der Waals surface area contributed by atoms with Crippen molar-refractivity contribution < 1.29 is 19.8 Å². The number of rotatable bonds is 5. The third-order valence-corrected chi connectivity index (χ3v) is 4.61. The summed E-state index contributed by atoms with van der Waals surface area (Å²) < 4.78 is 0. The number of aliphatic hydroxyl groups excluding tert-OH is 1. The Morgan fingerprint density at radius 2 is 1.85 bits per heavy atom. The SMILES string of the molecule is CC(C)CC(=O)C1=C(O)C(=O)N(c2cccc(Cl)c2)C1c1cccc(O)c1. The van der Waals surface area contributed by atoms with Gasteiger partial charge in [0.15, 0.2) is 11.5 Å². The van der Waals surface area contributed by atoms with Gasteiger partial charge in [-0.05, 0) is 41.8 Å². The lowest BCUT2D eigenvalue weighted by atomic mass is 9.92. The Hall–Kier alpha value is -2.79. The second-order valence-corrected chi connectivity index (χ2v) is 7.37. The van der Waals surface area contributed by atoms with Gasteiger partial charge in [-0.1, -0.05) is 43.6 Å². The zero-order valence-electron chi connectivity index (χ0n) is 15.0. The van der Waals surface area contributed by atoms with Crippen LogP contribution in [0, 0.1) is 5.92 Å². The summed E-state index contributed by atoms with van der Waals surface area (Å²) in [7, 11) is 0. The van der Waals surface area contributed by atoms with Crippen molar-refractivity contribution in [1.29, 1.82) is 0 Å². The van der Waals surface area contributed by atoms with Gasteiger partial charge in [-0.3, -0.25) is 14.5 Å². The molecule has 0 aromatic heterocycles. The summed E-state index contributed by atoms with van der Waals surface area (Å²) in [4.78, 5) is 27.0. The number of carbonyl (C=O) groups excluding carboxylic acids is 2. The van der Waals surface area contributed by atoms with Crippen LogP contribution in [-0.4, -0.2) is 21.9 Å². The molecule has 1 amide bonds. The van der Waals surface area contributed by atoms with Crippen LogP contribution in [0.2, 0.25) is 5.02 Å². The Labute approximate surface area is 162 Å². The first-order chi connectivity index (χ1) is 12.8. The summed E-state index contributed by atoms with van der Waals surface area (Å²) >= 11 is 6.07. The van der Waals surface area contributed by atoms with Crippen molar-refractivity contribution in [3.63, 3.8) is 0 Å². The monoisotopic (exact) mass is 385 g/mol. The number of ketones is 1. The summed E-state index contributed by atoms with van der Waals surface area (Å²) in [6.45, 7) is 3.79. The van der Waals surface area contributed by atoms with Crippen molar-refractivity contribution in [1.82, 2.24) is 0 Å². The third-order valence-electron chi connectivity index (χ3n) is 4.37. The molecule has 6 heteroatoms. The standard InChI is InChI=1S/C21H20ClNO4/c1-12(2)9-17(25)18-19(13-5-3-8-16(24)10-13)23(21(27)20(18)26)15-7-4-6-14(22)11-15/h3-8,10-12,19,24,26H,9H2,1-2H3. The number of halogens is 1. The van der Waals surface area contributed by atoms with E-state index in [1.165, 1.54) is 17.0 Å². The Balaban J connectivity index is 2.17. The lowest BCUT2D eigenvalue weighted by Crippen LogP contribution is -2.31. The van der Waals surface area contributed by atoms with Crippen LogP contribution in [0.1, 0.15) is 31.9 Å². The summed E-state index contributed by atoms with van der Waals surface area (Å²) in [6, 6.07) is 12.1. The molecule has 1 heterocycles. The molecule has 5 nitrogen and oxygen atoms in total. The third kappa shape index (κ3) is 3.69. The maximum absolute atomic E-state index is 12.8. The Bertz CT molecular complexity index is 935. The van der Waals surface area contributed by atoms with E-state index in [1.807, 2.05) is 13.8 Å².